The van der Waals surface area contributed by atoms with E-state index in [1.165, 1.54) is 31.1 Å². The Labute approximate surface area is 168 Å². The summed E-state index contributed by atoms with van der Waals surface area (Å²) in [6.07, 6.45) is 5.08. The zero-order valence-electron chi connectivity index (χ0n) is 17.0. The van der Waals surface area contributed by atoms with E-state index in [2.05, 4.69) is 72.6 Å². The van der Waals surface area contributed by atoms with E-state index in [1.54, 1.807) is 0 Å². The molecule has 2 heterocycles. The number of ether oxygens (including phenoxy) is 1. The first-order valence-corrected chi connectivity index (χ1v) is 10.5. The van der Waals surface area contributed by atoms with E-state index in [4.69, 9.17) is 4.74 Å². The highest BCUT2D eigenvalue weighted by atomic mass is 16.5. The van der Waals surface area contributed by atoms with Crippen molar-refractivity contribution >= 4 is 5.97 Å². The van der Waals surface area contributed by atoms with Crippen molar-refractivity contribution in [2.45, 2.75) is 44.2 Å². The average molecular weight is 378 g/mol. The highest BCUT2D eigenvalue weighted by Crippen LogP contribution is 2.47. The molecule has 3 nitrogen and oxygen atoms in total. The molecule has 2 saturated heterocycles. The van der Waals surface area contributed by atoms with E-state index < -0.39 is 0 Å². The zero-order valence-corrected chi connectivity index (χ0v) is 17.0. The molecule has 0 amide bonds. The summed E-state index contributed by atoms with van der Waals surface area (Å²) in [5, 5.41) is 0. The molecule has 148 valence electrons. The normalized spacial score (nSPS) is 29.6. The van der Waals surface area contributed by atoms with Crippen LogP contribution < -0.4 is 0 Å². The van der Waals surface area contributed by atoms with Crippen LogP contribution in [0.15, 0.2) is 60.7 Å². The maximum Gasteiger partial charge on any atom is 0.305 e. The smallest absolute Gasteiger partial charge is 0.305 e. The minimum absolute atomic E-state index is 0.0681. The molecular formula is C25H31NO2. The van der Waals surface area contributed by atoms with E-state index in [9.17, 15) is 4.79 Å². The number of esters is 1. The second-order valence-electron chi connectivity index (χ2n) is 8.62. The number of rotatable bonds is 6. The lowest BCUT2D eigenvalue weighted by atomic mass is 9.75. The van der Waals surface area contributed by atoms with Gasteiger partial charge in [0.2, 0.25) is 0 Å². The summed E-state index contributed by atoms with van der Waals surface area (Å²) in [7, 11) is 3.78. The summed E-state index contributed by atoms with van der Waals surface area (Å²) in [4.78, 5) is 14.8. The summed E-state index contributed by atoms with van der Waals surface area (Å²) < 4.78 is 5.06. The molecule has 2 aliphatic rings. The van der Waals surface area contributed by atoms with Gasteiger partial charge >= 0.3 is 5.97 Å². The highest BCUT2D eigenvalue weighted by Gasteiger charge is 2.50. The first-order chi connectivity index (χ1) is 13.7. The fourth-order valence-corrected chi connectivity index (χ4v) is 5.71. The molecule has 3 heteroatoms. The highest BCUT2D eigenvalue weighted by molar-refractivity contribution is 5.69. The lowest BCUT2D eigenvalue weighted by Crippen LogP contribution is -2.48. The molecule has 2 aromatic rings. The van der Waals surface area contributed by atoms with Gasteiger partial charge in [-0.3, -0.25) is 9.69 Å². The zero-order chi connectivity index (χ0) is 19.5. The van der Waals surface area contributed by atoms with Gasteiger partial charge in [-0.1, -0.05) is 60.7 Å². The minimum atomic E-state index is -0.0681. The van der Waals surface area contributed by atoms with Crippen molar-refractivity contribution in [3.8, 4) is 0 Å². The molecular weight excluding hydrogens is 346 g/mol. The van der Waals surface area contributed by atoms with E-state index >= 15 is 0 Å². The number of hydrogen-bond donors (Lipinski definition) is 0. The standard InChI is InChI=1S/C25H31NO2/c1-26-23-15-20(13-18-9-5-3-6-10-18)22(17-25(27)28-2)24(26)16-21(23)14-19-11-7-4-8-12-19/h3-12,20-24H,13-17H2,1-2H3/t20-,21-,22-,23+,24+/m0/s1. The third-order valence-electron chi connectivity index (χ3n) is 7.09. The van der Waals surface area contributed by atoms with Crippen LogP contribution in [0.4, 0.5) is 0 Å². The quantitative estimate of drug-likeness (QED) is 0.701. The van der Waals surface area contributed by atoms with Crippen LogP contribution in [0, 0.1) is 17.8 Å². The number of carbonyl (C=O) groups excluding carboxylic acids is 1. The van der Waals surface area contributed by atoms with E-state index in [1.807, 2.05) is 0 Å². The van der Waals surface area contributed by atoms with Crippen LogP contribution in [0.2, 0.25) is 0 Å². The Balaban J connectivity index is 1.55. The van der Waals surface area contributed by atoms with Gasteiger partial charge in [0.15, 0.2) is 0 Å². The predicted octanol–water partition coefficient (Wildman–Crippen LogP) is 4.36. The number of benzene rings is 2. The Hall–Kier alpha value is -2.13. The van der Waals surface area contributed by atoms with Crippen LogP contribution in [0.5, 0.6) is 0 Å². The van der Waals surface area contributed by atoms with Gasteiger partial charge in [0.05, 0.1) is 13.5 Å². The molecule has 5 atom stereocenters. The number of carbonyl (C=O) groups is 1. The topological polar surface area (TPSA) is 29.5 Å². The number of hydrogen-bond acceptors (Lipinski definition) is 3. The van der Waals surface area contributed by atoms with E-state index in [0.29, 0.717) is 36.3 Å². The van der Waals surface area contributed by atoms with Gasteiger partial charge < -0.3 is 4.74 Å². The molecule has 0 saturated carbocycles. The average Bonchev–Trinajstić information content (AvgIpc) is 2.93. The van der Waals surface area contributed by atoms with Crippen LogP contribution in [0.25, 0.3) is 0 Å². The molecule has 4 rings (SSSR count). The van der Waals surface area contributed by atoms with Crippen LogP contribution in [-0.4, -0.2) is 37.1 Å². The Morgan fingerprint density at radius 3 is 2.00 bits per heavy atom. The maximum atomic E-state index is 12.2. The molecule has 0 radical (unpaired) electrons. The van der Waals surface area contributed by atoms with Gasteiger partial charge in [0, 0.05) is 12.1 Å². The largest absolute Gasteiger partial charge is 0.469 e. The van der Waals surface area contributed by atoms with Crippen molar-refractivity contribution in [1.82, 2.24) is 4.90 Å². The summed E-state index contributed by atoms with van der Waals surface area (Å²) in [5.74, 6) is 1.50. The first-order valence-electron chi connectivity index (χ1n) is 10.5. The Morgan fingerprint density at radius 2 is 1.43 bits per heavy atom. The Morgan fingerprint density at radius 1 is 0.893 bits per heavy atom. The van der Waals surface area contributed by atoms with Gasteiger partial charge in [-0.15, -0.1) is 0 Å². The van der Waals surface area contributed by atoms with Crippen molar-refractivity contribution in [2.75, 3.05) is 14.2 Å². The third kappa shape index (κ3) is 4.00. The van der Waals surface area contributed by atoms with Crippen LogP contribution >= 0.6 is 0 Å². The molecule has 2 aliphatic heterocycles. The van der Waals surface area contributed by atoms with Gasteiger partial charge in [-0.05, 0) is 61.6 Å². The second-order valence-corrected chi connectivity index (χ2v) is 8.62. The van der Waals surface area contributed by atoms with Crippen molar-refractivity contribution in [2.24, 2.45) is 17.8 Å². The SMILES string of the molecule is COC(=O)C[C@H]1[C@@H](Cc2ccccc2)C[C@@H]2[C@@H](Cc3ccccc3)C[C@H]1N2C. The predicted molar refractivity (Wildman–Crippen MR) is 112 cm³/mol. The molecule has 0 aliphatic carbocycles. The summed E-state index contributed by atoms with van der Waals surface area (Å²) in [6.45, 7) is 0. The van der Waals surface area contributed by atoms with Crippen molar-refractivity contribution in [1.29, 1.82) is 0 Å². The lowest BCUT2D eigenvalue weighted by molar-refractivity contribution is -0.143. The summed E-state index contributed by atoms with van der Waals surface area (Å²) in [5.41, 5.74) is 2.81. The monoisotopic (exact) mass is 377 g/mol. The molecule has 2 bridgehead atoms. The maximum absolute atomic E-state index is 12.2. The fraction of sp³-hybridized carbons (Fsp3) is 0.480. The number of piperidine rings is 1. The molecule has 0 aromatic heterocycles. The van der Waals surface area contributed by atoms with Crippen molar-refractivity contribution < 1.29 is 9.53 Å². The van der Waals surface area contributed by atoms with Crippen molar-refractivity contribution in [3.63, 3.8) is 0 Å². The Kier molecular flexibility index (Phi) is 5.82. The van der Waals surface area contributed by atoms with Gasteiger partial charge in [-0.25, -0.2) is 0 Å². The number of fused-ring (bicyclic) bond motifs is 2. The van der Waals surface area contributed by atoms with Gasteiger partial charge in [-0.2, -0.15) is 0 Å². The Bertz CT molecular complexity index is 776. The molecule has 0 unspecified atom stereocenters. The minimum Gasteiger partial charge on any atom is -0.469 e. The number of methoxy groups -OCH3 is 1. The van der Waals surface area contributed by atoms with Crippen LogP contribution in [0.1, 0.15) is 30.4 Å². The van der Waals surface area contributed by atoms with Crippen molar-refractivity contribution in [3.05, 3.63) is 71.8 Å². The lowest BCUT2D eigenvalue weighted by Gasteiger charge is -2.43. The molecule has 0 N–H and O–H groups in total. The van der Waals surface area contributed by atoms with E-state index in [0.717, 1.165) is 12.8 Å². The molecule has 28 heavy (non-hydrogen) atoms. The summed E-state index contributed by atoms with van der Waals surface area (Å²) in [6, 6.07) is 22.7. The summed E-state index contributed by atoms with van der Waals surface area (Å²) >= 11 is 0. The molecule has 2 aromatic carbocycles. The van der Waals surface area contributed by atoms with Crippen LogP contribution in [-0.2, 0) is 22.4 Å². The fourth-order valence-electron chi connectivity index (χ4n) is 5.71. The molecule has 2 fully saturated rings. The van der Waals surface area contributed by atoms with E-state index in [-0.39, 0.29) is 5.97 Å². The molecule has 0 spiro atoms. The number of nitrogens with zero attached hydrogens (tertiary/aromatic N) is 1. The first kappa shape index (κ1) is 19.2. The van der Waals surface area contributed by atoms with Crippen LogP contribution in [0.3, 0.4) is 0 Å². The third-order valence-corrected chi connectivity index (χ3v) is 7.09. The second kappa shape index (κ2) is 8.48. The van der Waals surface area contributed by atoms with Gasteiger partial charge in [0.25, 0.3) is 0 Å². The van der Waals surface area contributed by atoms with Gasteiger partial charge in [0.1, 0.15) is 0 Å².